The molecule has 0 atom stereocenters. The van der Waals surface area contributed by atoms with Gasteiger partial charge in [-0.25, -0.2) is 9.59 Å². The summed E-state index contributed by atoms with van der Waals surface area (Å²) in [6, 6.07) is 8.91. The SMILES string of the molecule is O=C(COC(=O)c1cccc(I)c1O)Oc1ccc(S(=O)(=O)O)cc1. The van der Waals surface area contributed by atoms with E-state index < -0.39 is 28.7 Å². The fourth-order valence-electron chi connectivity index (χ4n) is 1.72. The molecule has 10 heteroatoms. The molecule has 25 heavy (non-hydrogen) atoms. The molecule has 8 nitrogen and oxygen atoms in total. The van der Waals surface area contributed by atoms with E-state index in [4.69, 9.17) is 14.0 Å². The first-order valence-electron chi connectivity index (χ1n) is 6.61. The highest BCUT2D eigenvalue weighted by Crippen LogP contribution is 2.24. The van der Waals surface area contributed by atoms with Crippen molar-refractivity contribution in [3.05, 3.63) is 51.6 Å². The zero-order valence-corrected chi connectivity index (χ0v) is 15.4. The summed E-state index contributed by atoms with van der Waals surface area (Å²) in [5, 5.41) is 9.77. The molecule has 2 aromatic rings. The normalized spacial score (nSPS) is 11.0. The van der Waals surface area contributed by atoms with Crippen molar-refractivity contribution in [3.8, 4) is 11.5 Å². The second-order valence-electron chi connectivity index (χ2n) is 4.63. The highest BCUT2D eigenvalue weighted by molar-refractivity contribution is 14.1. The van der Waals surface area contributed by atoms with E-state index in [-0.39, 0.29) is 22.0 Å². The van der Waals surface area contributed by atoms with Crippen molar-refractivity contribution in [1.29, 1.82) is 0 Å². The molecule has 0 amide bonds. The van der Waals surface area contributed by atoms with E-state index >= 15 is 0 Å². The molecule has 0 aliphatic rings. The van der Waals surface area contributed by atoms with Crippen molar-refractivity contribution in [1.82, 2.24) is 0 Å². The maximum Gasteiger partial charge on any atom is 0.349 e. The van der Waals surface area contributed by atoms with Gasteiger partial charge in [0.25, 0.3) is 10.1 Å². The van der Waals surface area contributed by atoms with E-state index in [2.05, 4.69) is 0 Å². The van der Waals surface area contributed by atoms with E-state index in [9.17, 15) is 23.1 Å². The van der Waals surface area contributed by atoms with Crippen LogP contribution in [0.3, 0.4) is 0 Å². The average Bonchev–Trinajstić information content (AvgIpc) is 2.55. The molecule has 2 aromatic carbocycles. The lowest BCUT2D eigenvalue weighted by molar-refractivity contribution is -0.137. The first-order chi connectivity index (χ1) is 11.7. The number of ether oxygens (including phenoxy) is 2. The lowest BCUT2D eigenvalue weighted by atomic mass is 10.2. The third-order valence-corrected chi connectivity index (χ3v) is 4.62. The van der Waals surface area contributed by atoms with Crippen LogP contribution in [-0.4, -0.2) is 36.6 Å². The van der Waals surface area contributed by atoms with Gasteiger partial charge in [-0.05, 0) is 59.0 Å². The Morgan fingerprint density at radius 1 is 1.08 bits per heavy atom. The quantitative estimate of drug-likeness (QED) is 0.289. The van der Waals surface area contributed by atoms with Crippen LogP contribution in [0.25, 0.3) is 0 Å². The fraction of sp³-hybridized carbons (Fsp3) is 0.0667. The van der Waals surface area contributed by atoms with Gasteiger partial charge in [0.2, 0.25) is 0 Å². The largest absolute Gasteiger partial charge is 0.506 e. The topological polar surface area (TPSA) is 127 Å². The molecule has 0 heterocycles. The number of esters is 2. The summed E-state index contributed by atoms with van der Waals surface area (Å²) in [5.41, 5.74) is -0.0859. The summed E-state index contributed by atoms with van der Waals surface area (Å²) in [5.74, 6) is -2.04. The fourth-order valence-corrected chi connectivity index (χ4v) is 2.70. The van der Waals surface area contributed by atoms with Gasteiger partial charge < -0.3 is 14.6 Å². The van der Waals surface area contributed by atoms with Crippen LogP contribution in [0.5, 0.6) is 11.5 Å². The molecule has 0 radical (unpaired) electrons. The molecule has 0 saturated heterocycles. The molecular weight excluding hydrogens is 467 g/mol. The molecule has 0 unspecified atom stereocenters. The molecule has 0 fully saturated rings. The van der Waals surface area contributed by atoms with E-state index in [1.165, 1.54) is 6.07 Å². The molecule has 0 aromatic heterocycles. The van der Waals surface area contributed by atoms with Crippen LogP contribution >= 0.6 is 22.6 Å². The molecule has 2 rings (SSSR count). The molecule has 0 spiro atoms. The summed E-state index contributed by atoms with van der Waals surface area (Å²) >= 11 is 1.84. The number of phenols is 1. The number of phenolic OH excluding ortho intramolecular Hbond substituents is 1. The summed E-state index contributed by atoms with van der Waals surface area (Å²) in [4.78, 5) is 23.1. The monoisotopic (exact) mass is 478 g/mol. The second-order valence-corrected chi connectivity index (χ2v) is 7.22. The van der Waals surface area contributed by atoms with Crippen LogP contribution in [0, 0.1) is 3.57 Å². The maximum atomic E-state index is 11.8. The smallest absolute Gasteiger partial charge is 0.349 e. The average molecular weight is 478 g/mol. The summed E-state index contributed by atoms with van der Waals surface area (Å²) in [6.07, 6.45) is 0. The minimum absolute atomic E-state index is 0.00514. The number of hydrogen-bond acceptors (Lipinski definition) is 7. The molecule has 0 aliphatic heterocycles. The Morgan fingerprint density at radius 2 is 1.72 bits per heavy atom. The Labute approximate surface area is 156 Å². The zero-order valence-electron chi connectivity index (χ0n) is 12.4. The lowest BCUT2D eigenvalue weighted by Gasteiger charge is -2.08. The first-order valence-corrected chi connectivity index (χ1v) is 9.13. The minimum Gasteiger partial charge on any atom is -0.506 e. The number of para-hydroxylation sites is 1. The minimum atomic E-state index is -4.34. The summed E-state index contributed by atoms with van der Waals surface area (Å²) in [7, 11) is -4.34. The summed E-state index contributed by atoms with van der Waals surface area (Å²) in [6.45, 7) is -0.705. The highest BCUT2D eigenvalue weighted by atomic mass is 127. The second kappa shape index (κ2) is 7.80. The van der Waals surface area contributed by atoms with Gasteiger partial charge >= 0.3 is 11.9 Å². The van der Waals surface area contributed by atoms with Crippen molar-refractivity contribution in [2.24, 2.45) is 0 Å². The van der Waals surface area contributed by atoms with Crippen molar-refractivity contribution in [3.63, 3.8) is 0 Å². The zero-order chi connectivity index (χ0) is 18.6. The Balaban J connectivity index is 1.94. The predicted octanol–water partition coefficient (Wildman–Crippen LogP) is 2.01. The van der Waals surface area contributed by atoms with E-state index in [0.29, 0.717) is 3.57 Å². The predicted molar refractivity (Wildman–Crippen MR) is 93.0 cm³/mol. The number of hydrogen-bond donors (Lipinski definition) is 2. The van der Waals surface area contributed by atoms with Gasteiger partial charge in [-0.1, -0.05) is 6.07 Å². The molecule has 0 saturated carbocycles. The van der Waals surface area contributed by atoms with Crippen LogP contribution in [0.4, 0.5) is 0 Å². The number of carbonyl (C=O) groups excluding carboxylic acids is 2. The van der Waals surface area contributed by atoms with Crippen molar-refractivity contribution in [2.75, 3.05) is 6.61 Å². The Hall–Kier alpha value is -2.18. The molecular formula is C15H11IO8S. The van der Waals surface area contributed by atoms with Crippen molar-refractivity contribution in [2.45, 2.75) is 4.90 Å². The maximum absolute atomic E-state index is 11.8. The van der Waals surface area contributed by atoms with E-state index in [0.717, 1.165) is 24.3 Å². The number of aromatic hydroxyl groups is 1. The number of carbonyl (C=O) groups is 2. The molecule has 2 N–H and O–H groups in total. The summed E-state index contributed by atoms with van der Waals surface area (Å²) < 4.78 is 40.7. The third kappa shape index (κ3) is 5.14. The van der Waals surface area contributed by atoms with E-state index in [1.807, 2.05) is 22.6 Å². The Morgan fingerprint density at radius 3 is 2.32 bits per heavy atom. The van der Waals surface area contributed by atoms with Crippen LogP contribution in [0.2, 0.25) is 0 Å². The van der Waals surface area contributed by atoms with Crippen LogP contribution in [0.1, 0.15) is 10.4 Å². The standard InChI is InChI=1S/C15H11IO8S/c16-12-3-1-2-11(14(12)18)15(19)23-8-13(17)24-9-4-6-10(7-5-9)25(20,21)22/h1-7,18H,8H2,(H,20,21,22). The molecule has 0 aliphatic carbocycles. The highest BCUT2D eigenvalue weighted by Gasteiger charge is 2.17. The van der Waals surface area contributed by atoms with E-state index in [1.54, 1.807) is 12.1 Å². The van der Waals surface area contributed by atoms with Gasteiger partial charge in [0, 0.05) is 0 Å². The van der Waals surface area contributed by atoms with Gasteiger partial charge in [-0.3, -0.25) is 4.55 Å². The lowest BCUT2D eigenvalue weighted by Crippen LogP contribution is -2.19. The van der Waals surface area contributed by atoms with Gasteiger partial charge in [-0.15, -0.1) is 0 Å². The number of rotatable bonds is 5. The van der Waals surface area contributed by atoms with Crippen molar-refractivity contribution >= 4 is 44.6 Å². The third-order valence-electron chi connectivity index (χ3n) is 2.88. The van der Waals surface area contributed by atoms with Gasteiger partial charge in [0.05, 0.1) is 8.47 Å². The van der Waals surface area contributed by atoms with Crippen molar-refractivity contribution < 1.29 is 37.1 Å². The first kappa shape index (κ1) is 19.1. The Kier molecular flexibility index (Phi) is 5.98. The molecule has 0 bridgehead atoms. The van der Waals surface area contributed by atoms with Crippen LogP contribution in [0.15, 0.2) is 47.4 Å². The van der Waals surface area contributed by atoms with Crippen LogP contribution < -0.4 is 4.74 Å². The van der Waals surface area contributed by atoms with Gasteiger partial charge in [0.1, 0.15) is 17.1 Å². The Bertz CT molecular complexity index is 906. The van der Waals surface area contributed by atoms with Gasteiger partial charge in [-0.2, -0.15) is 8.42 Å². The van der Waals surface area contributed by atoms with Crippen LogP contribution in [-0.2, 0) is 19.6 Å². The number of halogens is 1. The molecule has 132 valence electrons. The number of benzene rings is 2. The van der Waals surface area contributed by atoms with Gasteiger partial charge in [0.15, 0.2) is 6.61 Å².